The predicted molar refractivity (Wildman–Crippen MR) is 113 cm³/mol. The minimum atomic E-state index is -0.553. The van der Waals surface area contributed by atoms with Gasteiger partial charge in [-0.2, -0.15) is 0 Å². The van der Waals surface area contributed by atoms with Crippen LogP contribution in [0.2, 0.25) is 0 Å². The number of hydrogen-bond donors (Lipinski definition) is 2. The summed E-state index contributed by atoms with van der Waals surface area (Å²) in [5.41, 5.74) is -0.339. The van der Waals surface area contributed by atoms with Gasteiger partial charge in [-0.25, -0.2) is 8.78 Å². The zero-order valence-electron chi connectivity index (χ0n) is 16.4. The highest BCUT2D eigenvalue weighted by molar-refractivity contribution is 14.0. The summed E-state index contributed by atoms with van der Waals surface area (Å²) in [4.78, 5) is 6.26. The normalized spacial score (nSPS) is 13.3. The molecule has 5 nitrogen and oxygen atoms in total. The third-order valence-corrected chi connectivity index (χ3v) is 3.93. The first-order chi connectivity index (χ1) is 11.7. The summed E-state index contributed by atoms with van der Waals surface area (Å²) in [6.07, 6.45) is 0. The first-order valence-electron chi connectivity index (χ1n) is 8.39. The van der Waals surface area contributed by atoms with Crippen LogP contribution in [-0.2, 0) is 4.74 Å². The Bertz CT molecular complexity index is 562. The number of nitrogens with zero attached hydrogens (tertiary/aromatic N) is 2. The molecule has 0 aromatic heterocycles. The van der Waals surface area contributed by atoms with Crippen molar-refractivity contribution in [3.8, 4) is 0 Å². The topological polar surface area (TPSA) is 48.9 Å². The predicted octanol–water partition coefficient (Wildman–Crippen LogP) is 3.17. The van der Waals surface area contributed by atoms with E-state index in [1.165, 1.54) is 18.2 Å². The van der Waals surface area contributed by atoms with Crippen molar-refractivity contribution in [2.75, 3.05) is 40.8 Å². The molecular formula is C18H31F2IN4O. The minimum absolute atomic E-state index is 0. The molecule has 0 amide bonds. The number of aliphatic imine (C=N–C) groups is 1. The van der Waals surface area contributed by atoms with Gasteiger partial charge >= 0.3 is 0 Å². The summed E-state index contributed by atoms with van der Waals surface area (Å²) < 4.78 is 33.6. The quantitative estimate of drug-likeness (QED) is 0.338. The fraction of sp³-hybridized carbons (Fsp3) is 0.611. The van der Waals surface area contributed by atoms with Crippen LogP contribution in [-0.4, -0.2) is 57.3 Å². The lowest BCUT2D eigenvalue weighted by molar-refractivity contribution is 0.0310. The van der Waals surface area contributed by atoms with Gasteiger partial charge < -0.3 is 20.3 Å². The van der Waals surface area contributed by atoms with Crippen molar-refractivity contribution in [2.45, 2.75) is 32.4 Å². The summed E-state index contributed by atoms with van der Waals surface area (Å²) in [5, 5.41) is 6.29. The standard InChI is InChI=1S/C18H30F2N4O.HI/c1-7-21-17(23-12-18(2,3)25-6)22-11-15(24(4)5)16-13(19)9-8-10-14(16)20;/h8-10,15H,7,11-12H2,1-6H3,(H2,21,22,23);1H. The van der Waals surface area contributed by atoms with Crippen LogP contribution in [0.5, 0.6) is 0 Å². The van der Waals surface area contributed by atoms with E-state index < -0.39 is 17.7 Å². The van der Waals surface area contributed by atoms with E-state index in [2.05, 4.69) is 15.6 Å². The fourth-order valence-corrected chi connectivity index (χ4v) is 2.24. The number of methoxy groups -OCH3 is 1. The fourth-order valence-electron chi connectivity index (χ4n) is 2.24. The van der Waals surface area contributed by atoms with Gasteiger partial charge in [-0.3, -0.25) is 4.99 Å². The minimum Gasteiger partial charge on any atom is -0.377 e. The van der Waals surface area contributed by atoms with Gasteiger partial charge in [0, 0.05) is 25.8 Å². The van der Waals surface area contributed by atoms with Crippen LogP contribution >= 0.6 is 24.0 Å². The Morgan fingerprint density at radius 3 is 2.27 bits per heavy atom. The molecule has 1 aromatic carbocycles. The number of benzene rings is 1. The van der Waals surface area contributed by atoms with Crippen molar-refractivity contribution in [3.05, 3.63) is 35.4 Å². The lowest BCUT2D eigenvalue weighted by Gasteiger charge is -2.27. The lowest BCUT2D eigenvalue weighted by atomic mass is 10.0. The highest BCUT2D eigenvalue weighted by atomic mass is 127. The van der Waals surface area contributed by atoms with Crippen LogP contribution in [0.1, 0.15) is 32.4 Å². The highest BCUT2D eigenvalue weighted by Gasteiger charge is 2.22. The van der Waals surface area contributed by atoms with E-state index in [9.17, 15) is 8.78 Å². The molecule has 1 aromatic rings. The van der Waals surface area contributed by atoms with Gasteiger partial charge in [-0.15, -0.1) is 24.0 Å². The second kappa shape index (κ2) is 11.7. The van der Waals surface area contributed by atoms with Gasteiger partial charge in [0.05, 0.1) is 18.2 Å². The van der Waals surface area contributed by atoms with Crippen LogP contribution in [0.15, 0.2) is 23.2 Å². The van der Waals surface area contributed by atoms with Gasteiger partial charge in [0.1, 0.15) is 11.6 Å². The molecule has 0 fully saturated rings. The van der Waals surface area contributed by atoms with Crippen molar-refractivity contribution in [1.82, 2.24) is 15.5 Å². The number of likely N-dealkylation sites (N-methyl/N-ethyl adjacent to an activating group) is 1. The number of hydrogen-bond acceptors (Lipinski definition) is 3. The zero-order chi connectivity index (χ0) is 19.0. The Kier molecular flexibility index (Phi) is 11.2. The van der Waals surface area contributed by atoms with E-state index in [1.807, 2.05) is 20.8 Å². The molecule has 0 bridgehead atoms. The van der Waals surface area contributed by atoms with Gasteiger partial charge in [0.2, 0.25) is 0 Å². The molecule has 0 saturated carbocycles. The molecule has 0 spiro atoms. The first-order valence-corrected chi connectivity index (χ1v) is 8.39. The van der Waals surface area contributed by atoms with Crippen molar-refractivity contribution >= 4 is 29.9 Å². The van der Waals surface area contributed by atoms with Crippen molar-refractivity contribution < 1.29 is 13.5 Å². The maximum Gasteiger partial charge on any atom is 0.191 e. The third-order valence-electron chi connectivity index (χ3n) is 3.93. The molecule has 0 aliphatic heterocycles. The largest absolute Gasteiger partial charge is 0.377 e. The van der Waals surface area contributed by atoms with Crippen LogP contribution in [0.25, 0.3) is 0 Å². The maximum atomic E-state index is 14.1. The van der Waals surface area contributed by atoms with E-state index >= 15 is 0 Å². The van der Waals surface area contributed by atoms with E-state index in [-0.39, 0.29) is 35.1 Å². The summed E-state index contributed by atoms with van der Waals surface area (Å²) in [7, 11) is 5.21. The molecule has 26 heavy (non-hydrogen) atoms. The SMILES string of the molecule is CCNC(=NCC(C)(C)OC)NCC(c1c(F)cccc1F)N(C)C.I. The first kappa shape index (κ1) is 25.0. The average Bonchev–Trinajstić information content (AvgIpc) is 2.54. The molecule has 0 radical (unpaired) electrons. The van der Waals surface area contributed by atoms with Crippen LogP contribution in [0.3, 0.4) is 0 Å². The number of ether oxygens (including phenoxy) is 1. The molecule has 0 heterocycles. The van der Waals surface area contributed by atoms with Crippen LogP contribution < -0.4 is 10.6 Å². The van der Waals surface area contributed by atoms with E-state index in [0.29, 0.717) is 25.6 Å². The van der Waals surface area contributed by atoms with Crippen molar-refractivity contribution in [3.63, 3.8) is 0 Å². The summed E-state index contributed by atoms with van der Waals surface area (Å²) in [6, 6.07) is 3.44. The van der Waals surface area contributed by atoms with Gasteiger partial charge in [0.15, 0.2) is 5.96 Å². The van der Waals surface area contributed by atoms with Crippen molar-refractivity contribution in [2.24, 2.45) is 4.99 Å². The summed E-state index contributed by atoms with van der Waals surface area (Å²) >= 11 is 0. The Hall–Kier alpha value is -1.000. The third kappa shape index (κ3) is 7.71. The maximum absolute atomic E-state index is 14.1. The molecule has 2 N–H and O–H groups in total. The number of rotatable bonds is 8. The Labute approximate surface area is 172 Å². The zero-order valence-corrected chi connectivity index (χ0v) is 18.7. The molecule has 0 aliphatic rings. The number of guanidine groups is 1. The van der Waals surface area contributed by atoms with E-state index in [0.717, 1.165) is 0 Å². The molecule has 1 atom stereocenters. The second-order valence-corrected chi connectivity index (χ2v) is 6.65. The van der Waals surface area contributed by atoms with Crippen LogP contribution in [0, 0.1) is 11.6 Å². The monoisotopic (exact) mass is 484 g/mol. The molecule has 1 unspecified atom stereocenters. The van der Waals surface area contributed by atoms with E-state index in [1.54, 1.807) is 26.1 Å². The summed E-state index contributed by atoms with van der Waals surface area (Å²) in [5.74, 6) is -0.526. The van der Waals surface area contributed by atoms with Gasteiger partial charge in [0.25, 0.3) is 0 Å². The second-order valence-electron chi connectivity index (χ2n) is 6.65. The van der Waals surface area contributed by atoms with Crippen LogP contribution in [0.4, 0.5) is 8.78 Å². The summed E-state index contributed by atoms with van der Waals surface area (Å²) in [6.45, 7) is 7.29. The molecule has 8 heteroatoms. The Morgan fingerprint density at radius 1 is 1.23 bits per heavy atom. The molecule has 0 saturated heterocycles. The number of nitrogens with one attached hydrogen (secondary N) is 2. The smallest absolute Gasteiger partial charge is 0.191 e. The van der Waals surface area contributed by atoms with Crippen molar-refractivity contribution in [1.29, 1.82) is 0 Å². The Balaban J connectivity index is 0.00000625. The molecular weight excluding hydrogens is 453 g/mol. The molecule has 1 rings (SSSR count). The van der Waals surface area contributed by atoms with Gasteiger partial charge in [-0.05, 0) is 47.0 Å². The Morgan fingerprint density at radius 2 is 1.81 bits per heavy atom. The average molecular weight is 484 g/mol. The van der Waals surface area contributed by atoms with E-state index in [4.69, 9.17) is 4.74 Å². The molecule has 0 aliphatic carbocycles. The lowest BCUT2D eigenvalue weighted by Crippen LogP contribution is -2.43. The number of halogens is 3. The molecule has 150 valence electrons. The van der Waals surface area contributed by atoms with Gasteiger partial charge in [-0.1, -0.05) is 6.07 Å². The highest BCUT2D eigenvalue weighted by Crippen LogP contribution is 2.23.